The van der Waals surface area contributed by atoms with E-state index in [0.717, 1.165) is 26.3 Å². The van der Waals surface area contributed by atoms with Crippen LogP contribution in [0.4, 0.5) is 0 Å². The van der Waals surface area contributed by atoms with Crippen LogP contribution in [0.1, 0.15) is 25.7 Å². The van der Waals surface area contributed by atoms with Gasteiger partial charge in [0.25, 0.3) is 0 Å². The number of hydrogen-bond donors (Lipinski definition) is 1. The number of hydrogen-bond acceptors (Lipinski definition) is 2. The average molecular weight is 143 g/mol. The van der Waals surface area contributed by atoms with Crippen molar-refractivity contribution in [2.75, 3.05) is 26.3 Å². The molecule has 1 heterocycles. The Morgan fingerprint density at radius 3 is 1.40 bits per heavy atom. The molecule has 0 aromatic rings. The molecule has 1 aliphatic carbocycles. The van der Waals surface area contributed by atoms with E-state index in [2.05, 4.69) is 5.32 Å². The Labute approximate surface area is 63.0 Å². The Balaban J connectivity index is 0.000000108. The van der Waals surface area contributed by atoms with Crippen molar-refractivity contribution >= 4 is 0 Å². The molecule has 0 unspecified atom stereocenters. The van der Waals surface area contributed by atoms with Crippen LogP contribution in [0.3, 0.4) is 0 Å². The fourth-order valence-electron chi connectivity index (χ4n) is 0.766. The monoisotopic (exact) mass is 143 g/mol. The summed E-state index contributed by atoms with van der Waals surface area (Å²) >= 11 is 0. The summed E-state index contributed by atoms with van der Waals surface area (Å²) in [6.45, 7) is 3.83. The van der Waals surface area contributed by atoms with Gasteiger partial charge in [0.05, 0.1) is 13.2 Å². The Hall–Kier alpha value is -0.0800. The fraction of sp³-hybridized carbons (Fsp3) is 1.00. The summed E-state index contributed by atoms with van der Waals surface area (Å²) in [5.41, 5.74) is 0. The van der Waals surface area contributed by atoms with Gasteiger partial charge in [0.1, 0.15) is 0 Å². The van der Waals surface area contributed by atoms with Gasteiger partial charge in [-0.3, -0.25) is 0 Å². The molecule has 2 nitrogen and oxygen atoms in total. The van der Waals surface area contributed by atoms with E-state index in [1.165, 1.54) is 25.7 Å². The third kappa shape index (κ3) is 3.85. The van der Waals surface area contributed by atoms with E-state index < -0.39 is 0 Å². The van der Waals surface area contributed by atoms with E-state index in [9.17, 15) is 0 Å². The molecular weight excluding hydrogens is 126 g/mol. The van der Waals surface area contributed by atoms with Crippen LogP contribution >= 0.6 is 0 Å². The molecule has 1 saturated carbocycles. The van der Waals surface area contributed by atoms with Crippen LogP contribution in [-0.4, -0.2) is 26.3 Å². The normalized spacial score (nSPS) is 24.0. The molecule has 0 bridgehead atoms. The predicted molar refractivity (Wildman–Crippen MR) is 42.2 cm³/mol. The van der Waals surface area contributed by atoms with E-state index in [1.54, 1.807) is 0 Å². The van der Waals surface area contributed by atoms with Gasteiger partial charge in [0.2, 0.25) is 0 Å². The highest BCUT2D eigenvalue weighted by atomic mass is 16.5. The van der Waals surface area contributed by atoms with E-state index in [-0.39, 0.29) is 0 Å². The van der Waals surface area contributed by atoms with Crippen molar-refractivity contribution in [2.45, 2.75) is 25.7 Å². The zero-order chi connectivity index (χ0) is 7.07. The van der Waals surface area contributed by atoms with Crippen LogP contribution in [-0.2, 0) is 4.74 Å². The minimum absolute atomic E-state index is 0.889. The van der Waals surface area contributed by atoms with Crippen molar-refractivity contribution < 1.29 is 4.74 Å². The lowest BCUT2D eigenvalue weighted by Crippen LogP contribution is -2.30. The van der Waals surface area contributed by atoms with Gasteiger partial charge in [-0.2, -0.15) is 0 Å². The molecule has 2 aliphatic rings. The minimum Gasteiger partial charge on any atom is -0.379 e. The molecule has 1 aliphatic heterocycles. The molecule has 0 spiro atoms. The highest BCUT2D eigenvalue weighted by Crippen LogP contribution is 2.15. The molecule has 10 heavy (non-hydrogen) atoms. The average Bonchev–Trinajstić information content (AvgIpc) is 1.88. The third-order valence-electron chi connectivity index (χ3n) is 1.85. The number of rotatable bonds is 0. The van der Waals surface area contributed by atoms with Crippen molar-refractivity contribution in [3.63, 3.8) is 0 Å². The molecular formula is C8H17NO. The van der Waals surface area contributed by atoms with Crippen molar-refractivity contribution in [2.24, 2.45) is 0 Å². The maximum absolute atomic E-state index is 5.01. The standard InChI is InChI=1S/C4H9NO.C4H8/c1-3-6-4-2-5-1;1-2-4-3-1/h5H,1-4H2;1-4H2. The number of morpholine rings is 1. The van der Waals surface area contributed by atoms with Gasteiger partial charge in [-0.05, 0) is 0 Å². The van der Waals surface area contributed by atoms with Crippen LogP contribution < -0.4 is 5.32 Å². The van der Waals surface area contributed by atoms with Crippen molar-refractivity contribution in [3.05, 3.63) is 0 Å². The fourth-order valence-corrected chi connectivity index (χ4v) is 0.766. The van der Waals surface area contributed by atoms with Gasteiger partial charge in [0, 0.05) is 13.1 Å². The van der Waals surface area contributed by atoms with Gasteiger partial charge >= 0.3 is 0 Å². The Morgan fingerprint density at radius 2 is 1.30 bits per heavy atom. The van der Waals surface area contributed by atoms with Gasteiger partial charge in [-0.15, -0.1) is 0 Å². The zero-order valence-corrected chi connectivity index (χ0v) is 6.57. The van der Waals surface area contributed by atoms with Crippen LogP contribution in [0.25, 0.3) is 0 Å². The molecule has 0 aromatic carbocycles. The van der Waals surface area contributed by atoms with Gasteiger partial charge in [-0.25, -0.2) is 0 Å². The molecule has 2 fully saturated rings. The van der Waals surface area contributed by atoms with E-state index in [4.69, 9.17) is 4.74 Å². The number of nitrogens with one attached hydrogen (secondary N) is 1. The van der Waals surface area contributed by atoms with E-state index >= 15 is 0 Å². The van der Waals surface area contributed by atoms with E-state index in [1.807, 2.05) is 0 Å². The maximum atomic E-state index is 5.01. The second-order valence-electron chi connectivity index (χ2n) is 2.78. The molecule has 1 saturated heterocycles. The molecule has 0 atom stereocenters. The molecule has 2 heteroatoms. The summed E-state index contributed by atoms with van der Waals surface area (Å²) in [7, 11) is 0. The Morgan fingerprint density at radius 1 is 0.800 bits per heavy atom. The predicted octanol–water partition coefficient (Wildman–Crippen LogP) is 1.17. The number of ether oxygens (including phenoxy) is 1. The first kappa shape index (κ1) is 8.02. The summed E-state index contributed by atoms with van der Waals surface area (Å²) in [5, 5.41) is 3.16. The Bertz CT molecular complexity index is 52.1. The third-order valence-corrected chi connectivity index (χ3v) is 1.85. The van der Waals surface area contributed by atoms with Gasteiger partial charge < -0.3 is 10.1 Å². The van der Waals surface area contributed by atoms with Crippen molar-refractivity contribution in [1.29, 1.82) is 0 Å². The van der Waals surface area contributed by atoms with Crippen LogP contribution in [0.15, 0.2) is 0 Å². The summed E-state index contributed by atoms with van der Waals surface area (Å²) in [6.07, 6.45) is 6.00. The molecule has 2 rings (SSSR count). The lowest BCUT2D eigenvalue weighted by molar-refractivity contribution is 0.109. The summed E-state index contributed by atoms with van der Waals surface area (Å²) in [4.78, 5) is 0. The molecule has 60 valence electrons. The highest BCUT2D eigenvalue weighted by molar-refractivity contribution is 4.51. The van der Waals surface area contributed by atoms with Crippen LogP contribution in [0.2, 0.25) is 0 Å². The minimum atomic E-state index is 0.889. The second kappa shape index (κ2) is 5.69. The molecule has 1 N–H and O–H groups in total. The SMILES string of the molecule is C1CCC1.C1COCCN1. The largest absolute Gasteiger partial charge is 0.379 e. The van der Waals surface area contributed by atoms with Crippen LogP contribution in [0, 0.1) is 0 Å². The van der Waals surface area contributed by atoms with E-state index in [0.29, 0.717) is 0 Å². The molecule has 0 amide bonds. The first-order chi connectivity index (χ1) is 5.00. The Kier molecular flexibility index (Phi) is 4.56. The quantitative estimate of drug-likeness (QED) is 0.549. The van der Waals surface area contributed by atoms with Crippen LogP contribution in [0.5, 0.6) is 0 Å². The smallest absolute Gasteiger partial charge is 0.0591 e. The lowest BCUT2D eigenvalue weighted by atomic mass is 10.0. The van der Waals surface area contributed by atoms with Crippen molar-refractivity contribution in [3.8, 4) is 0 Å². The topological polar surface area (TPSA) is 21.3 Å². The highest BCUT2D eigenvalue weighted by Gasteiger charge is 1.95. The summed E-state index contributed by atoms with van der Waals surface area (Å²) in [5.74, 6) is 0. The zero-order valence-electron chi connectivity index (χ0n) is 6.57. The second-order valence-corrected chi connectivity index (χ2v) is 2.78. The van der Waals surface area contributed by atoms with Gasteiger partial charge in [-0.1, -0.05) is 25.7 Å². The summed E-state index contributed by atoms with van der Waals surface area (Å²) in [6, 6.07) is 0. The molecule has 0 radical (unpaired) electrons. The first-order valence-electron chi connectivity index (χ1n) is 4.28. The van der Waals surface area contributed by atoms with Crippen molar-refractivity contribution in [1.82, 2.24) is 5.32 Å². The summed E-state index contributed by atoms with van der Waals surface area (Å²) < 4.78 is 5.01. The lowest BCUT2D eigenvalue weighted by Gasteiger charge is -2.10. The molecule has 0 aromatic heterocycles. The first-order valence-corrected chi connectivity index (χ1v) is 4.28. The maximum Gasteiger partial charge on any atom is 0.0591 e. The van der Waals surface area contributed by atoms with Gasteiger partial charge in [0.15, 0.2) is 0 Å².